The van der Waals surface area contributed by atoms with Gasteiger partial charge in [-0.15, -0.1) is 0 Å². The molecule has 0 fully saturated rings. The number of nitrogens with one attached hydrogen (secondary N) is 1. The van der Waals surface area contributed by atoms with Crippen molar-refractivity contribution in [1.82, 2.24) is 9.99 Å². The Morgan fingerprint density at radius 2 is 1.62 bits per heavy atom. The average Bonchev–Trinajstić information content (AvgIpc) is 3.16. The van der Waals surface area contributed by atoms with Gasteiger partial charge in [-0.1, -0.05) is 47.5 Å². The Kier molecular flexibility index (Phi) is 7.80. The van der Waals surface area contributed by atoms with E-state index in [1.165, 1.54) is 12.1 Å². The summed E-state index contributed by atoms with van der Waals surface area (Å²) in [5.41, 5.74) is 7.55. The molecular formula is C28H27ClN4O3S. The lowest BCUT2D eigenvalue weighted by atomic mass is 10.2. The molecule has 1 heterocycles. The van der Waals surface area contributed by atoms with Crippen LogP contribution in [-0.4, -0.2) is 31.7 Å². The van der Waals surface area contributed by atoms with E-state index < -0.39 is 22.5 Å². The highest BCUT2D eigenvalue weighted by atomic mass is 35.5. The molecule has 4 rings (SSSR count). The van der Waals surface area contributed by atoms with Crippen LogP contribution in [0.2, 0.25) is 5.02 Å². The first-order valence-corrected chi connectivity index (χ1v) is 13.4. The van der Waals surface area contributed by atoms with E-state index in [1.54, 1.807) is 42.6 Å². The molecule has 190 valence electrons. The van der Waals surface area contributed by atoms with Gasteiger partial charge in [0.1, 0.15) is 6.54 Å². The molecule has 0 atom stereocenters. The number of carbonyl (C=O) groups is 1. The SMILES string of the molecule is Cc1ccc(S(=O)(=O)N(CC(=O)N/N=C\c2cc(C)n(-c3ccccc3)c2C)c2ccc(Cl)cc2)cc1. The highest BCUT2D eigenvalue weighted by molar-refractivity contribution is 7.92. The van der Waals surface area contributed by atoms with Crippen LogP contribution in [0.4, 0.5) is 5.69 Å². The fraction of sp³-hybridized carbons (Fsp3) is 0.143. The van der Waals surface area contributed by atoms with Gasteiger partial charge in [0.05, 0.1) is 16.8 Å². The Labute approximate surface area is 222 Å². The number of para-hydroxylation sites is 1. The van der Waals surface area contributed by atoms with Crippen molar-refractivity contribution in [3.63, 3.8) is 0 Å². The summed E-state index contributed by atoms with van der Waals surface area (Å²) in [5.74, 6) is -0.584. The quantitative estimate of drug-likeness (QED) is 0.242. The van der Waals surface area contributed by atoms with E-state index in [-0.39, 0.29) is 4.90 Å². The van der Waals surface area contributed by atoms with Gasteiger partial charge < -0.3 is 4.57 Å². The maximum Gasteiger partial charge on any atom is 0.264 e. The predicted octanol–water partition coefficient (Wildman–Crippen LogP) is 5.40. The Bertz CT molecular complexity index is 1530. The third-order valence-electron chi connectivity index (χ3n) is 5.89. The maximum atomic E-state index is 13.5. The van der Waals surface area contributed by atoms with Crippen LogP contribution >= 0.6 is 11.6 Å². The van der Waals surface area contributed by atoms with E-state index in [1.807, 2.05) is 57.2 Å². The summed E-state index contributed by atoms with van der Waals surface area (Å²) < 4.78 is 30.0. The zero-order chi connectivity index (χ0) is 26.6. The monoisotopic (exact) mass is 534 g/mol. The molecule has 0 aliphatic heterocycles. The minimum atomic E-state index is -4.02. The number of rotatable bonds is 8. The number of anilines is 1. The fourth-order valence-electron chi connectivity index (χ4n) is 3.99. The van der Waals surface area contributed by atoms with Gasteiger partial charge in [0.25, 0.3) is 15.9 Å². The number of hydrogen-bond acceptors (Lipinski definition) is 4. The van der Waals surface area contributed by atoms with Gasteiger partial charge >= 0.3 is 0 Å². The number of halogens is 1. The lowest BCUT2D eigenvalue weighted by Gasteiger charge is -2.23. The van der Waals surface area contributed by atoms with E-state index >= 15 is 0 Å². The number of nitrogens with zero attached hydrogens (tertiary/aromatic N) is 3. The van der Waals surface area contributed by atoms with Crippen LogP contribution < -0.4 is 9.73 Å². The number of carbonyl (C=O) groups excluding carboxylic acids is 1. The molecule has 0 spiro atoms. The van der Waals surface area contributed by atoms with Gasteiger partial charge in [-0.05, 0) is 75.4 Å². The third kappa shape index (κ3) is 5.93. The van der Waals surface area contributed by atoms with Crippen molar-refractivity contribution in [2.45, 2.75) is 25.7 Å². The molecule has 0 saturated carbocycles. The lowest BCUT2D eigenvalue weighted by Crippen LogP contribution is -2.39. The molecule has 37 heavy (non-hydrogen) atoms. The molecule has 1 aromatic heterocycles. The Morgan fingerprint density at radius 1 is 0.973 bits per heavy atom. The summed E-state index contributed by atoms with van der Waals surface area (Å²) in [7, 11) is -4.02. The van der Waals surface area contributed by atoms with Crippen LogP contribution in [0.5, 0.6) is 0 Å². The summed E-state index contributed by atoms with van der Waals surface area (Å²) in [6.45, 7) is 5.38. The third-order valence-corrected chi connectivity index (χ3v) is 7.93. The molecule has 4 aromatic rings. The van der Waals surface area contributed by atoms with Gasteiger partial charge in [0.2, 0.25) is 0 Å². The van der Waals surface area contributed by atoms with Crippen molar-refractivity contribution in [3.05, 3.63) is 112 Å². The van der Waals surface area contributed by atoms with Gasteiger partial charge in [0, 0.05) is 27.7 Å². The molecular weight excluding hydrogens is 508 g/mol. The van der Waals surface area contributed by atoms with E-state index in [4.69, 9.17) is 11.6 Å². The molecule has 1 N–H and O–H groups in total. The molecule has 0 aliphatic carbocycles. The molecule has 0 bridgehead atoms. The number of amides is 1. The standard InChI is InChI=1S/C28H27ClN4O3S/c1-20-9-15-27(16-10-20)37(35,36)32(25-13-11-24(29)12-14-25)19-28(34)31-30-18-23-17-21(2)33(22(23)3)26-7-5-4-6-8-26/h4-18H,19H2,1-3H3,(H,31,34)/b30-18-. The molecule has 0 saturated heterocycles. The minimum absolute atomic E-state index is 0.0812. The summed E-state index contributed by atoms with van der Waals surface area (Å²) in [4.78, 5) is 12.9. The van der Waals surface area contributed by atoms with Crippen molar-refractivity contribution in [2.24, 2.45) is 5.10 Å². The van der Waals surface area contributed by atoms with E-state index in [0.717, 1.165) is 32.5 Å². The first-order chi connectivity index (χ1) is 17.7. The number of aryl methyl sites for hydroxylation is 2. The van der Waals surface area contributed by atoms with Gasteiger partial charge in [0.15, 0.2) is 0 Å². The van der Waals surface area contributed by atoms with Crippen LogP contribution in [-0.2, 0) is 14.8 Å². The average molecular weight is 535 g/mol. The number of benzene rings is 3. The zero-order valence-electron chi connectivity index (χ0n) is 20.7. The van der Waals surface area contributed by atoms with Crippen molar-refractivity contribution < 1.29 is 13.2 Å². The Morgan fingerprint density at radius 3 is 2.27 bits per heavy atom. The van der Waals surface area contributed by atoms with Gasteiger partial charge in [-0.2, -0.15) is 5.10 Å². The molecule has 1 amide bonds. The first-order valence-electron chi connectivity index (χ1n) is 11.6. The molecule has 3 aromatic carbocycles. The summed E-state index contributed by atoms with van der Waals surface area (Å²) in [5, 5.41) is 4.55. The number of sulfonamides is 1. The Balaban J connectivity index is 1.55. The molecule has 0 unspecified atom stereocenters. The second kappa shape index (κ2) is 11.0. The second-order valence-corrected chi connectivity index (χ2v) is 10.9. The van der Waals surface area contributed by atoms with Crippen LogP contribution in [0.25, 0.3) is 5.69 Å². The number of hydrogen-bond donors (Lipinski definition) is 1. The molecule has 0 aliphatic rings. The van der Waals surface area contributed by atoms with Gasteiger partial charge in [-0.3, -0.25) is 9.10 Å². The zero-order valence-corrected chi connectivity index (χ0v) is 22.3. The highest BCUT2D eigenvalue weighted by Crippen LogP contribution is 2.25. The van der Waals surface area contributed by atoms with Crippen molar-refractivity contribution in [3.8, 4) is 5.69 Å². The highest BCUT2D eigenvalue weighted by Gasteiger charge is 2.27. The van der Waals surface area contributed by atoms with Crippen molar-refractivity contribution >= 4 is 39.4 Å². The smallest absolute Gasteiger partial charge is 0.264 e. The van der Waals surface area contributed by atoms with E-state index in [0.29, 0.717) is 10.7 Å². The number of aromatic nitrogens is 1. The molecule has 7 nitrogen and oxygen atoms in total. The fourth-order valence-corrected chi connectivity index (χ4v) is 5.54. The van der Waals surface area contributed by atoms with Crippen LogP contribution in [0.1, 0.15) is 22.5 Å². The van der Waals surface area contributed by atoms with Crippen LogP contribution in [0, 0.1) is 20.8 Å². The minimum Gasteiger partial charge on any atom is -0.318 e. The molecule has 0 radical (unpaired) electrons. The normalized spacial score (nSPS) is 11.6. The molecule has 9 heteroatoms. The van der Waals surface area contributed by atoms with Crippen LogP contribution in [0.15, 0.2) is 94.9 Å². The van der Waals surface area contributed by atoms with Crippen LogP contribution in [0.3, 0.4) is 0 Å². The first kappa shape index (κ1) is 26.2. The summed E-state index contributed by atoms with van der Waals surface area (Å²) in [6, 6.07) is 24.6. The predicted molar refractivity (Wildman–Crippen MR) is 148 cm³/mol. The van der Waals surface area contributed by atoms with E-state index in [9.17, 15) is 13.2 Å². The largest absolute Gasteiger partial charge is 0.318 e. The summed E-state index contributed by atoms with van der Waals surface area (Å²) in [6.07, 6.45) is 1.56. The Hall–Kier alpha value is -3.88. The van der Waals surface area contributed by atoms with E-state index in [2.05, 4.69) is 15.1 Å². The van der Waals surface area contributed by atoms with Gasteiger partial charge in [-0.25, -0.2) is 13.8 Å². The lowest BCUT2D eigenvalue weighted by molar-refractivity contribution is -0.119. The van der Waals surface area contributed by atoms with Crippen molar-refractivity contribution in [2.75, 3.05) is 10.8 Å². The van der Waals surface area contributed by atoms with Crippen molar-refractivity contribution in [1.29, 1.82) is 0 Å². The second-order valence-electron chi connectivity index (χ2n) is 8.59. The summed E-state index contributed by atoms with van der Waals surface area (Å²) >= 11 is 5.99. The number of hydrazone groups is 1. The topological polar surface area (TPSA) is 83.8 Å². The maximum absolute atomic E-state index is 13.5.